The zero-order valence-electron chi connectivity index (χ0n) is 12.4. The van der Waals surface area contributed by atoms with Gasteiger partial charge in [0.1, 0.15) is 11.5 Å². The Kier molecular flexibility index (Phi) is 6.63. The summed E-state index contributed by atoms with van der Waals surface area (Å²) in [5, 5.41) is 16.8. The van der Waals surface area contributed by atoms with E-state index in [1.54, 1.807) is 0 Å². The number of hydrogen-bond acceptors (Lipinski definition) is 6. The molecule has 2 aromatic rings. The largest absolute Gasteiger partial charge is 0.375 e. The van der Waals surface area contributed by atoms with Crippen LogP contribution in [0.1, 0.15) is 31.2 Å². The minimum absolute atomic E-state index is 0.0267. The molecule has 1 heterocycles. The molecular formula is C14H16BrFN4O3. The molecule has 0 fully saturated rings. The number of benzene rings is 1. The van der Waals surface area contributed by atoms with Gasteiger partial charge in [0.25, 0.3) is 0 Å². The standard InChI is InChI=1S/C14H16BrFN4O3/c1-2-3-6-22-8-12-13(20-23-19-12)14(18-21)17-9-4-5-11(16)10(15)7-9/h4-5,7,21H,2-3,6,8H2,1H3,(H,17,18). The topological polar surface area (TPSA) is 92.8 Å². The van der Waals surface area contributed by atoms with E-state index in [1.165, 1.54) is 18.2 Å². The number of amidine groups is 1. The summed E-state index contributed by atoms with van der Waals surface area (Å²) >= 11 is 3.08. The maximum Gasteiger partial charge on any atom is 0.182 e. The van der Waals surface area contributed by atoms with E-state index in [4.69, 9.17) is 4.74 Å². The van der Waals surface area contributed by atoms with E-state index in [0.717, 1.165) is 12.8 Å². The van der Waals surface area contributed by atoms with Gasteiger partial charge in [0.2, 0.25) is 0 Å². The third-order valence-electron chi connectivity index (χ3n) is 2.91. The number of unbranched alkanes of at least 4 members (excludes halogenated alkanes) is 1. The maximum absolute atomic E-state index is 13.2. The molecule has 1 aromatic heterocycles. The summed E-state index contributed by atoms with van der Waals surface area (Å²) in [5.41, 5.74) is 3.00. The first-order valence-corrected chi connectivity index (χ1v) is 7.78. The molecule has 0 amide bonds. The van der Waals surface area contributed by atoms with Gasteiger partial charge in [-0.25, -0.2) is 14.0 Å². The molecule has 0 radical (unpaired) electrons. The molecule has 2 rings (SSSR count). The first-order chi connectivity index (χ1) is 11.2. The van der Waals surface area contributed by atoms with Crippen LogP contribution in [0.25, 0.3) is 0 Å². The highest BCUT2D eigenvalue weighted by atomic mass is 79.9. The molecule has 9 heteroatoms. The lowest BCUT2D eigenvalue weighted by atomic mass is 10.3. The van der Waals surface area contributed by atoms with Gasteiger partial charge in [-0.2, -0.15) is 0 Å². The van der Waals surface area contributed by atoms with E-state index >= 15 is 0 Å². The number of hydroxylamine groups is 1. The molecule has 1 aromatic carbocycles. The average molecular weight is 387 g/mol. The van der Waals surface area contributed by atoms with Gasteiger partial charge >= 0.3 is 0 Å². The number of ether oxygens (including phenoxy) is 1. The monoisotopic (exact) mass is 386 g/mol. The van der Waals surface area contributed by atoms with Crippen LogP contribution in [-0.2, 0) is 11.3 Å². The minimum atomic E-state index is -0.407. The van der Waals surface area contributed by atoms with Crippen molar-refractivity contribution in [3.63, 3.8) is 0 Å². The van der Waals surface area contributed by atoms with E-state index in [-0.39, 0.29) is 22.6 Å². The number of rotatable bonds is 7. The van der Waals surface area contributed by atoms with Gasteiger partial charge in [0.15, 0.2) is 11.5 Å². The highest BCUT2D eigenvalue weighted by Gasteiger charge is 2.16. The lowest BCUT2D eigenvalue weighted by molar-refractivity contribution is 0.112. The van der Waals surface area contributed by atoms with Crippen LogP contribution in [0.2, 0.25) is 0 Å². The molecule has 2 N–H and O–H groups in total. The van der Waals surface area contributed by atoms with Crippen molar-refractivity contribution in [1.82, 2.24) is 15.8 Å². The van der Waals surface area contributed by atoms with Crippen LogP contribution in [0.3, 0.4) is 0 Å². The summed E-state index contributed by atoms with van der Waals surface area (Å²) in [6.45, 7) is 2.84. The molecule has 124 valence electrons. The van der Waals surface area contributed by atoms with Crippen molar-refractivity contribution in [1.29, 1.82) is 0 Å². The van der Waals surface area contributed by atoms with Crippen molar-refractivity contribution in [2.75, 3.05) is 6.61 Å². The van der Waals surface area contributed by atoms with Gasteiger partial charge in [-0.15, -0.1) is 0 Å². The Hall–Kier alpha value is -1.84. The maximum atomic E-state index is 13.2. The second kappa shape index (κ2) is 8.70. The van der Waals surface area contributed by atoms with Crippen molar-refractivity contribution in [2.24, 2.45) is 4.99 Å². The molecular weight excluding hydrogens is 371 g/mol. The van der Waals surface area contributed by atoms with Gasteiger partial charge in [0.05, 0.1) is 16.8 Å². The molecule has 0 spiro atoms. The van der Waals surface area contributed by atoms with Crippen LogP contribution >= 0.6 is 15.9 Å². The van der Waals surface area contributed by atoms with Crippen LogP contribution in [-0.4, -0.2) is 28.0 Å². The summed E-state index contributed by atoms with van der Waals surface area (Å²) in [7, 11) is 0. The third kappa shape index (κ3) is 4.81. The molecule has 0 unspecified atom stereocenters. The predicted octanol–water partition coefficient (Wildman–Crippen LogP) is 3.35. The molecule has 23 heavy (non-hydrogen) atoms. The quantitative estimate of drug-likeness (QED) is 0.328. The first-order valence-electron chi connectivity index (χ1n) is 6.99. The molecule has 0 atom stereocenters. The lowest BCUT2D eigenvalue weighted by Crippen LogP contribution is -2.22. The SMILES string of the molecule is CCCCOCc1nonc1C(=Nc1ccc(F)c(Br)c1)NO. The number of nitrogens with one attached hydrogen (secondary N) is 1. The molecule has 0 aliphatic carbocycles. The van der Waals surface area contributed by atoms with Crippen LogP contribution < -0.4 is 5.48 Å². The molecule has 0 aliphatic heterocycles. The van der Waals surface area contributed by atoms with Crippen molar-refractivity contribution < 1.29 is 19.0 Å². The highest BCUT2D eigenvalue weighted by molar-refractivity contribution is 9.10. The van der Waals surface area contributed by atoms with E-state index in [9.17, 15) is 9.60 Å². The van der Waals surface area contributed by atoms with Gasteiger partial charge in [-0.05, 0) is 45.7 Å². The van der Waals surface area contributed by atoms with E-state index in [1.807, 2.05) is 5.48 Å². The number of nitrogens with zero attached hydrogens (tertiary/aromatic N) is 3. The summed E-state index contributed by atoms with van der Waals surface area (Å²) in [6, 6.07) is 4.19. The van der Waals surface area contributed by atoms with Crippen LogP contribution in [0.4, 0.5) is 10.1 Å². The van der Waals surface area contributed by atoms with Gasteiger partial charge < -0.3 is 4.74 Å². The summed E-state index contributed by atoms with van der Waals surface area (Å²) in [5.74, 6) is -0.380. The fourth-order valence-corrected chi connectivity index (χ4v) is 2.08. The van der Waals surface area contributed by atoms with Crippen LogP contribution in [0.5, 0.6) is 0 Å². The van der Waals surface area contributed by atoms with Gasteiger partial charge in [0, 0.05) is 6.61 Å². The Morgan fingerprint density at radius 2 is 2.30 bits per heavy atom. The smallest absolute Gasteiger partial charge is 0.182 e. The van der Waals surface area contributed by atoms with E-state index < -0.39 is 5.82 Å². The van der Waals surface area contributed by atoms with E-state index in [0.29, 0.717) is 18.0 Å². The van der Waals surface area contributed by atoms with Crippen molar-refractivity contribution in [3.05, 3.63) is 39.9 Å². The number of halogens is 2. The zero-order chi connectivity index (χ0) is 16.7. The lowest BCUT2D eigenvalue weighted by Gasteiger charge is -2.04. The van der Waals surface area contributed by atoms with Crippen LogP contribution in [0, 0.1) is 5.82 Å². The molecule has 0 saturated heterocycles. The summed E-state index contributed by atoms with van der Waals surface area (Å²) in [4.78, 5) is 4.17. The molecule has 0 bridgehead atoms. The van der Waals surface area contributed by atoms with Crippen molar-refractivity contribution >= 4 is 27.5 Å². The molecule has 0 saturated carbocycles. The average Bonchev–Trinajstić information content (AvgIpc) is 3.01. The second-order valence-electron chi connectivity index (χ2n) is 4.64. The number of hydrogen-bond donors (Lipinski definition) is 2. The minimum Gasteiger partial charge on any atom is -0.375 e. The Bertz CT molecular complexity index is 678. The summed E-state index contributed by atoms with van der Waals surface area (Å²) in [6.07, 6.45) is 1.96. The molecule has 0 aliphatic rings. The third-order valence-corrected chi connectivity index (χ3v) is 3.52. The Morgan fingerprint density at radius 3 is 3.00 bits per heavy atom. The predicted molar refractivity (Wildman–Crippen MR) is 84.1 cm³/mol. The van der Waals surface area contributed by atoms with E-state index in [2.05, 4.69) is 42.8 Å². The Labute approximate surface area is 140 Å². The zero-order valence-corrected chi connectivity index (χ0v) is 14.0. The first kappa shape index (κ1) is 17.5. The van der Waals surface area contributed by atoms with Gasteiger partial charge in [-0.3, -0.25) is 10.7 Å². The summed E-state index contributed by atoms with van der Waals surface area (Å²) < 4.78 is 23.6. The normalized spacial score (nSPS) is 11.7. The number of aromatic nitrogens is 2. The van der Waals surface area contributed by atoms with Crippen molar-refractivity contribution in [3.8, 4) is 0 Å². The van der Waals surface area contributed by atoms with Crippen molar-refractivity contribution in [2.45, 2.75) is 26.4 Å². The fourth-order valence-electron chi connectivity index (χ4n) is 1.71. The highest BCUT2D eigenvalue weighted by Crippen LogP contribution is 2.22. The molecule has 7 nitrogen and oxygen atoms in total. The van der Waals surface area contributed by atoms with Gasteiger partial charge in [-0.1, -0.05) is 18.5 Å². The number of aliphatic imine (C=N–C) groups is 1. The Balaban J connectivity index is 2.18. The fraction of sp³-hybridized carbons (Fsp3) is 0.357. The second-order valence-corrected chi connectivity index (χ2v) is 5.49. The Morgan fingerprint density at radius 1 is 1.48 bits per heavy atom. The van der Waals surface area contributed by atoms with Crippen LogP contribution in [0.15, 0.2) is 32.3 Å².